The summed E-state index contributed by atoms with van der Waals surface area (Å²) in [5.74, 6) is 0.785. The molecule has 1 heteroatoms. The van der Waals surface area contributed by atoms with Crippen LogP contribution in [-0.2, 0) is 0 Å². The minimum Gasteiger partial charge on any atom is -0.375 e. The highest BCUT2D eigenvalue weighted by molar-refractivity contribution is 5.18. The Kier molecular flexibility index (Phi) is 2.13. The number of allylic oxidation sites excluding steroid dienone is 2. The van der Waals surface area contributed by atoms with Crippen LogP contribution in [0.25, 0.3) is 0 Å². The summed E-state index contributed by atoms with van der Waals surface area (Å²) >= 11 is 0. The highest BCUT2D eigenvalue weighted by atomic mass is 15.2. The predicted molar refractivity (Wildman–Crippen MR) is 56.5 cm³/mol. The van der Waals surface area contributed by atoms with Gasteiger partial charge >= 0.3 is 0 Å². The van der Waals surface area contributed by atoms with Gasteiger partial charge in [-0.15, -0.1) is 0 Å². The fourth-order valence-corrected chi connectivity index (χ4v) is 2.87. The monoisotopic (exact) mass is 179 g/mol. The van der Waals surface area contributed by atoms with Crippen molar-refractivity contribution in [2.24, 2.45) is 11.3 Å². The second-order valence-electron chi connectivity index (χ2n) is 5.36. The first-order chi connectivity index (χ1) is 6.08. The second-order valence-corrected chi connectivity index (χ2v) is 5.36. The fraction of sp³-hybridized carbons (Fsp3) is 0.833. The van der Waals surface area contributed by atoms with Crippen molar-refractivity contribution in [2.75, 3.05) is 13.1 Å². The van der Waals surface area contributed by atoms with Crippen molar-refractivity contribution in [2.45, 2.75) is 40.0 Å². The molecule has 13 heavy (non-hydrogen) atoms. The van der Waals surface area contributed by atoms with Crippen LogP contribution < -0.4 is 0 Å². The van der Waals surface area contributed by atoms with E-state index < -0.39 is 0 Å². The number of likely N-dealkylation sites (tertiary alicyclic amines) is 1. The minimum absolute atomic E-state index is 0.442. The van der Waals surface area contributed by atoms with Crippen LogP contribution in [0.3, 0.4) is 0 Å². The van der Waals surface area contributed by atoms with Crippen LogP contribution in [0.5, 0.6) is 0 Å². The van der Waals surface area contributed by atoms with Gasteiger partial charge in [0, 0.05) is 18.8 Å². The van der Waals surface area contributed by atoms with E-state index in [1.807, 2.05) is 0 Å². The molecule has 0 radical (unpaired) electrons. The van der Waals surface area contributed by atoms with Crippen LogP contribution in [0.2, 0.25) is 0 Å². The van der Waals surface area contributed by atoms with Crippen molar-refractivity contribution in [3.8, 4) is 0 Å². The Morgan fingerprint density at radius 2 is 1.92 bits per heavy atom. The average molecular weight is 179 g/mol. The molecule has 1 nitrogen and oxygen atoms in total. The number of rotatable bonds is 1. The third-order valence-corrected chi connectivity index (χ3v) is 3.35. The maximum atomic E-state index is 2.60. The van der Waals surface area contributed by atoms with E-state index in [-0.39, 0.29) is 0 Å². The van der Waals surface area contributed by atoms with Gasteiger partial charge in [0.1, 0.15) is 0 Å². The summed E-state index contributed by atoms with van der Waals surface area (Å²) in [6.45, 7) is 9.68. The van der Waals surface area contributed by atoms with Gasteiger partial charge in [-0.05, 0) is 30.6 Å². The van der Waals surface area contributed by atoms with E-state index in [0.29, 0.717) is 5.41 Å². The van der Waals surface area contributed by atoms with Gasteiger partial charge in [0.25, 0.3) is 0 Å². The number of nitrogens with zero attached hydrogens (tertiary/aromatic N) is 1. The minimum atomic E-state index is 0.442. The molecule has 0 N–H and O–H groups in total. The lowest BCUT2D eigenvalue weighted by molar-refractivity contribution is 0.358. The smallest absolute Gasteiger partial charge is 0.0175 e. The molecule has 1 heterocycles. The Balaban J connectivity index is 2.13. The summed E-state index contributed by atoms with van der Waals surface area (Å²) in [7, 11) is 0. The van der Waals surface area contributed by atoms with Crippen LogP contribution >= 0.6 is 0 Å². The molecule has 1 aliphatic heterocycles. The van der Waals surface area contributed by atoms with Gasteiger partial charge in [0.2, 0.25) is 0 Å². The molecular formula is C12H21N. The summed E-state index contributed by atoms with van der Waals surface area (Å²) in [5.41, 5.74) is 2.07. The van der Waals surface area contributed by atoms with E-state index in [2.05, 4.69) is 31.7 Å². The van der Waals surface area contributed by atoms with Gasteiger partial charge in [-0.25, -0.2) is 0 Å². The summed E-state index contributed by atoms with van der Waals surface area (Å²) in [5, 5.41) is 0. The van der Waals surface area contributed by atoms with Crippen LogP contribution in [-0.4, -0.2) is 18.0 Å². The highest BCUT2D eigenvalue weighted by Crippen LogP contribution is 2.41. The highest BCUT2D eigenvalue weighted by Gasteiger charge is 2.32. The molecule has 1 unspecified atom stereocenters. The molecule has 1 fully saturated rings. The summed E-state index contributed by atoms with van der Waals surface area (Å²) in [4.78, 5) is 2.60. The van der Waals surface area contributed by atoms with E-state index in [9.17, 15) is 0 Å². The zero-order chi connectivity index (χ0) is 9.47. The SMILES string of the molecule is CC1CC(C)(C)C=C1N1CCCC1. The lowest BCUT2D eigenvalue weighted by Crippen LogP contribution is -2.20. The molecule has 0 aromatic heterocycles. The number of hydrogen-bond acceptors (Lipinski definition) is 1. The van der Waals surface area contributed by atoms with Crippen molar-refractivity contribution in [3.63, 3.8) is 0 Å². The lowest BCUT2D eigenvalue weighted by atomic mass is 9.91. The topological polar surface area (TPSA) is 3.24 Å². The van der Waals surface area contributed by atoms with E-state index in [1.165, 1.54) is 32.4 Å². The zero-order valence-corrected chi connectivity index (χ0v) is 9.14. The molecule has 0 aromatic carbocycles. The maximum absolute atomic E-state index is 2.60. The van der Waals surface area contributed by atoms with E-state index in [1.54, 1.807) is 5.70 Å². The maximum Gasteiger partial charge on any atom is 0.0175 e. The third-order valence-electron chi connectivity index (χ3n) is 3.35. The van der Waals surface area contributed by atoms with Crippen molar-refractivity contribution in [1.29, 1.82) is 0 Å². The molecule has 0 aromatic rings. The van der Waals surface area contributed by atoms with Gasteiger partial charge < -0.3 is 4.90 Å². The molecule has 0 bridgehead atoms. The standard InChI is InChI=1S/C12H21N/c1-10-8-12(2,3)9-11(10)13-6-4-5-7-13/h9-10H,4-8H2,1-3H3. The van der Waals surface area contributed by atoms with Crippen molar-refractivity contribution in [3.05, 3.63) is 11.8 Å². The summed E-state index contributed by atoms with van der Waals surface area (Å²) < 4.78 is 0. The van der Waals surface area contributed by atoms with Gasteiger partial charge in [-0.3, -0.25) is 0 Å². The first-order valence-corrected chi connectivity index (χ1v) is 5.56. The summed E-state index contributed by atoms with van der Waals surface area (Å²) in [6.07, 6.45) is 6.62. The van der Waals surface area contributed by atoms with E-state index in [4.69, 9.17) is 0 Å². The fourth-order valence-electron chi connectivity index (χ4n) is 2.87. The lowest BCUT2D eigenvalue weighted by Gasteiger charge is -2.22. The van der Waals surface area contributed by atoms with Gasteiger partial charge in [0.15, 0.2) is 0 Å². The van der Waals surface area contributed by atoms with Crippen LogP contribution in [0.1, 0.15) is 40.0 Å². The number of hydrogen-bond donors (Lipinski definition) is 0. The quantitative estimate of drug-likeness (QED) is 0.598. The Hall–Kier alpha value is -0.460. The van der Waals surface area contributed by atoms with Gasteiger partial charge in [-0.2, -0.15) is 0 Å². The Labute approximate surface area is 81.8 Å². The zero-order valence-electron chi connectivity index (χ0n) is 9.14. The van der Waals surface area contributed by atoms with Gasteiger partial charge in [0.05, 0.1) is 0 Å². The molecule has 0 amide bonds. The molecule has 0 spiro atoms. The van der Waals surface area contributed by atoms with Crippen molar-refractivity contribution >= 4 is 0 Å². The summed E-state index contributed by atoms with van der Waals surface area (Å²) in [6, 6.07) is 0. The van der Waals surface area contributed by atoms with Crippen molar-refractivity contribution in [1.82, 2.24) is 4.90 Å². The Morgan fingerprint density at radius 1 is 1.31 bits per heavy atom. The first kappa shape index (κ1) is 9.11. The normalized spacial score (nSPS) is 32.4. The average Bonchev–Trinajstić information content (AvgIpc) is 2.56. The van der Waals surface area contributed by atoms with Gasteiger partial charge in [-0.1, -0.05) is 26.8 Å². The molecule has 1 aliphatic carbocycles. The van der Waals surface area contributed by atoms with Crippen LogP contribution in [0.4, 0.5) is 0 Å². The largest absolute Gasteiger partial charge is 0.375 e. The second kappa shape index (κ2) is 3.04. The molecule has 2 rings (SSSR count). The van der Waals surface area contributed by atoms with E-state index >= 15 is 0 Å². The molecule has 0 saturated carbocycles. The van der Waals surface area contributed by atoms with Crippen LogP contribution in [0.15, 0.2) is 11.8 Å². The molecule has 1 atom stereocenters. The Bertz CT molecular complexity index is 221. The molecule has 1 saturated heterocycles. The molecule has 2 aliphatic rings. The van der Waals surface area contributed by atoms with Crippen LogP contribution in [0, 0.1) is 11.3 Å². The first-order valence-electron chi connectivity index (χ1n) is 5.56. The molecular weight excluding hydrogens is 158 g/mol. The predicted octanol–water partition coefficient (Wildman–Crippen LogP) is 3.03. The van der Waals surface area contributed by atoms with E-state index in [0.717, 1.165) is 5.92 Å². The molecule has 74 valence electrons. The van der Waals surface area contributed by atoms with Crippen molar-refractivity contribution < 1.29 is 0 Å². The third kappa shape index (κ3) is 1.74. The Morgan fingerprint density at radius 3 is 2.38 bits per heavy atom.